The molecule has 0 spiro atoms. The Hall–Kier alpha value is -1.89. The van der Waals surface area contributed by atoms with Gasteiger partial charge >= 0.3 is 17.8 Å². The first-order chi connectivity index (χ1) is 9.52. The predicted octanol–water partition coefficient (Wildman–Crippen LogP) is 1.10. The fourth-order valence-electron chi connectivity index (χ4n) is 2.56. The molecule has 2 heterocycles. The number of fused-ring (bicyclic) bond motifs is 3. The average Bonchev–Trinajstić information content (AvgIpc) is 2.72. The molecule has 7 heteroatoms. The maximum absolute atomic E-state index is 11.9. The van der Waals surface area contributed by atoms with Crippen LogP contribution >= 0.6 is 15.9 Å². The van der Waals surface area contributed by atoms with Crippen LogP contribution < -0.4 is 0 Å². The first kappa shape index (κ1) is 13.1. The van der Waals surface area contributed by atoms with Crippen molar-refractivity contribution in [3.8, 4) is 0 Å². The van der Waals surface area contributed by atoms with E-state index in [1.54, 1.807) is 18.2 Å². The first-order valence-corrected chi connectivity index (χ1v) is 6.71. The van der Waals surface area contributed by atoms with Gasteiger partial charge in [-0.1, -0.05) is 22.0 Å². The molecule has 2 aliphatic heterocycles. The number of esters is 2. The van der Waals surface area contributed by atoms with E-state index >= 15 is 0 Å². The molecule has 1 saturated heterocycles. The summed E-state index contributed by atoms with van der Waals surface area (Å²) in [5.41, 5.74) is 1.34. The molecule has 0 aromatic heterocycles. The Morgan fingerprint density at radius 2 is 2.15 bits per heavy atom. The molecule has 2 unspecified atom stereocenters. The van der Waals surface area contributed by atoms with Crippen LogP contribution in [0.5, 0.6) is 0 Å². The van der Waals surface area contributed by atoms with Crippen molar-refractivity contribution in [3.05, 3.63) is 33.8 Å². The number of carbonyl (C=O) groups excluding carboxylic acids is 3. The summed E-state index contributed by atoms with van der Waals surface area (Å²) in [6, 6.07) is 5.29. The van der Waals surface area contributed by atoms with Crippen LogP contribution in [0.25, 0.3) is 0 Å². The van der Waals surface area contributed by atoms with E-state index in [2.05, 4.69) is 15.9 Å². The highest BCUT2D eigenvalue weighted by Crippen LogP contribution is 2.41. The Kier molecular flexibility index (Phi) is 3.01. The number of amides is 1. The molecule has 0 bridgehead atoms. The van der Waals surface area contributed by atoms with Gasteiger partial charge in [-0.15, -0.1) is 0 Å². The Bertz CT molecular complexity index is 629. The van der Waals surface area contributed by atoms with Crippen molar-refractivity contribution in [2.24, 2.45) is 0 Å². The van der Waals surface area contributed by atoms with Crippen LogP contribution in [0.3, 0.4) is 0 Å². The fraction of sp³-hybridized carbons (Fsp3) is 0.308. The van der Waals surface area contributed by atoms with Crippen molar-refractivity contribution in [1.29, 1.82) is 0 Å². The SMILES string of the molecule is COC(=O)C1CN2C(=O)C(=O)OC2c2ccc(Br)cc21. The quantitative estimate of drug-likeness (QED) is 0.566. The van der Waals surface area contributed by atoms with Crippen LogP contribution in [-0.2, 0) is 23.9 Å². The Morgan fingerprint density at radius 3 is 2.85 bits per heavy atom. The van der Waals surface area contributed by atoms with Gasteiger partial charge in [0.1, 0.15) is 5.92 Å². The van der Waals surface area contributed by atoms with E-state index < -0.39 is 30.0 Å². The van der Waals surface area contributed by atoms with Crippen LogP contribution in [0.4, 0.5) is 0 Å². The lowest BCUT2D eigenvalue weighted by molar-refractivity contribution is -0.149. The molecule has 1 aromatic carbocycles. The second-order valence-electron chi connectivity index (χ2n) is 4.56. The molecule has 0 aliphatic carbocycles. The van der Waals surface area contributed by atoms with Gasteiger partial charge in [0.15, 0.2) is 0 Å². The van der Waals surface area contributed by atoms with Gasteiger partial charge in [-0.3, -0.25) is 14.5 Å². The molecule has 20 heavy (non-hydrogen) atoms. The van der Waals surface area contributed by atoms with Crippen LogP contribution in [0, 0.1) is 0 Å². The average molecular weight is 340 g/mol. The van der Waals surface area contributed by atoms with Crippen LogP contribution in [0.1, 0.15) is 23.3 Å². The van der Waals surface area contributed by atoms with Gasteiger partial charge in [0.25, 0.3) is 0 Å². The number of carbonyl (C=O) groups is 3. The number of rotatable bonds is 1. The van der Waals surface area contributed by atoms with Crippen molar-refractivity contribution >= 4 is 33.8 Å². The molecule has 104 valence electrons. The lowest BCUT2D eigenvalue weighted by Crippen LogP contribution is -2.40. The number of hydrogen-bond donors (Lipinski definition) is 0. The van der Waals surface area contributed by atoms with Gasteiger partial charge in [-0.05, 0) is 17.7 Å². The van der Waals surface area contributed by atoms with Crippen molar-refractivity contribution in [2.75, 3.05) is 13.7 Å². The number of hydrogen-bond acceptors (Lipinski definition) is 5. The Labute approximate surface area is 122 Å². The molecule has 3 rings (SSSR count). The molecular formula is C13H10BrNO5. The minimum absolute atomic E-state index is 0.0748. The second-order valence-corrected chi connectivity index (χ2v) is 5.48. The number of methoxy groups -OCH3 is 1. The highest BCUT2D eigenvalue weighted by atomic mass is 79.9. The standard InChI is InChI=1S/C13H10BrNO5/c1-19-12(17)9-5-15-10(16)13(18)20-11(15)7-3-2-6(14)4-8(7)9/h2-4,9,11H,5H2,1H3. The maximum Gasteiger partial charge on any atom is 0.399 e. The lowest BCUT2D eigenvalue weighted by atomic mass is 9.89. The third-order valence-electron chi connectivity index (χ3n) is 3.49. The molecule has 0 radical (unpaired) electrons. The van der Waals surface area contributed by atoms with E-state index in [0.717, 1.165) is 4.47 Å². The van der Waals surface area contributed by atoms with Crippen LogP contribution in [0.15, 0.2) is 22.7 Å². The number of nitrogens with zero attached hydrogens (tertiary/aromatic N) is 1. The van der Waals surface area contributed by atoms with Gasteiger partial charge in [-0.2, -0.15) is 0 Å². The summed E-state index contributed by atoms with van der Waals surface area (Å²) >= 11 is 3.34. The first-order valence-electron chi connectivity index (χ1n) is 5.91. The zero-order chi connectivity index (χ0) is 14.4. The van der Waals surface area contributed by atoms with Crippen molar-refractivity contribution in [3.63, 3.8) is 0 Å². The van der Waals surface area contributed by atoms with E-state index in [1.807, 2.05) is 0 Å². The van der Waals surface area contributed by atoms with Crippen molar-refractivity contribution in [1.82, 2.24) is 4.90 Å². The molecule has 0 saturated carbocycles. The van der Waals surface area contributed by atoms with E-state index in [9.17, 15) is 14.4 Å². The number of ether oxygens (including phenoxy) is 2. The lowest BCUT2D eigenvalue weighted by Gasteiger charge is -2.33. The molecular weight excluding hydrogens is 330 g/mol. The van der Waals surface area contributed by atoms with Crippen LogP contribution in [0.2, 0.25) is 0 Å². The van der Waals surface area contributed by atoms with Gasteiger partial charge in [0, 0.05) is 16.6 Å². The second kappa shape index (κ2) is 4.59. The summed E-state index contributed by atoms with van der Waals surface area (Å²) in [6.07, 6.45) is -0.751. The predicted molar refractivity (Wildman–Crippen MR) is 69.4 cm³/mol. The summed E-state index contributed by atoms with van der Waals surface area (Å²) < 4.78 is 10.7. The van der Waals surface area contributed by atoms with Crippen LogP contribution in [-0.4, -0.2) is 36.4 Å². The molecule has 0 N–H and O–H groups in total. The summed E-state index contributed by atoms with van der Waals surface area (Å²) in [6.45, 7) is 0.0748. The van der Waals surface area contributed by atoms with Gasteiger partial charge in [0.05, 0.1) is 7.11 Å². The third kappa shape index (κ3) is 1.81. The molecule has 2 aliphatic rings. The largest absolute Gasteiger partial charge is 0.468 e. The van der Waals surface area contributed by atoms with Gasteiger partial charge < -0.3 is 9.47 Å². The number of halogens is 1. The van der Waals surface area contributed by atoms with E-state index in [0.29, 0.717) is 11.1 Å². The Balaban J connectivity index is 2.13. The van der Waals surface area contributed by atoms with Crippen molar-refractivity contribution in [2.45, 2.75) is 12.1 Å². The molecule has 1 aromatic rings. The van der Waals surface area contributed by atoms with E-state index in [1.165, 1.54) is 12.0 Å². The zero-order valence-corrected chi connectivity index (χ0v) is 12.0. The Morgan fingerprint density at radius 1 is 1.40 bits per heavy atom. The highest BCUT2D eigenvalue weighted by molar-refractivity contribution is 9.10. The molecule has 1 amide bonds. The van der Waals surface area contributed by atoms with Crippen molar-refractivity contribution < 1.29 is 23.9 Å². The monoisotopic (exact) mass is 339 g/mol. The highest BCUT2D eigenvalue weighted by Gasteiger charge is 2.48. The minimum atomic E-state index is -0.894. The summed E-state index contributed by atoms with van der Waals surface area (Å²) in [4.78, 5) is 36.4. The summed E-state index contributed by atoms with van der Waals surface area (Å²) in [5, 5.41) is 0. The molecule has 2 atom stereocenters. The van der Waals surface area contributed by atoms with E-state index in [4.69, 9.17) is 9.47 Å². The summed E-state index contributed by atoms with van der Waals surface area (Å²) in [5.74, 6) is -2.69. The zero-order valence-electron chi connectivity index (χ0n) is 10.5. The normalized spacial score (nSPS) is 24.0. The van der Waals surface area contributed by atoms with Gasteiger partial charge in [0.2, 0.25) is 6.23 Å². The van der Waals surface area contributed by atoms with Gasteiger partial charge in [-0.25, -0.2) is 4.79 Å². The molecule has 6 nitrogen and oxygen atoms in total. The fourth-order valence-corrected chi connectivity index (χ4v) is 2.94. The smallest absolute Gasteiger partial charge is 0.399 e. The topological polar surface area (TPSA) is 72.9 Å². The van der Waals surface area contributed by atoms with E-state index in [-0.39, 0.29) is 6.54 Å². The summed E-state index contributed by atoms with van der Waals surface area (Å²) in [7, 11) is 1.29. The minimum Gasteiger partial charge on any atom is -0.468 e. The third-order valence-corrected chi connectivity index (χ3v) is 3.99. The number of benzene rings is 1. The molecule has 1 fully saturated rings. The maximum atomic E-state index is 11.9.